The highest BCUT2D eigenvalue weighted by atomic mass is 35.5. The molecule has 8 heteroatoms. The van der Waals surface area contributed by atoms with Crippen LogP contribution in [0.25, 0.3) is 10.4 Å². The summed E-state index contributed by atoms with van der Waals surface area (Å²) in [4.78, 5) is 22.8. The summed E-state index contributed by atoms with van der Waals surface area (Å²) in [5.74, 6) is -2.54. The fourth-order valence-electron chi connectivity index (χ4n) is 3.63. The summed E-state index contributed by atoms with van der Waals surface area (Å²) in [5, 5.41) is 21.9. The van der Waals surface area contributed by atoms with Crippen LogP contribution in [0.4, 0.5) is 5.69 Å². The van der Waals surface area contributed by atoms with E-state index in [2.05, 4.69) is 17.4 Å². The minimum atomic E-state index is -1.22. The number of ether oxygens (including phenoxy) is 1. The summed E-state index contributed by atoms with van der Waals surface area (Å²) in [5.41, 5.74) is 4.33. The molecule has 154 valence electrons. The molecule has 1 aliphatic carbocycles. The van der Waals surface area contributed by atoms with Crippen molar-refractivity contribution in [3.63, 3.8) is 0 Å². The van der Waals surface area contributed by atoms with Crippen molar-refractivity contribution in [2.45, 2.75) is 18.9 Å². The van der Waals surface area contributed by atoms with Crippen molar-refractivity contribution in [2.75, 3.05) is 11.9 Å². The minimum absolute atomic E-state index is 0.101. The Balaban J connectivity index is 1.59. The molecule has 1 aromatic heterocycles. The number of halogens is 1. The lowest BCUT2D eigenvalue weighted by atomic mass is 10.1. The van der Waals surface area contributed by atoms with Crippen LogP contribution in [0, 0.1) is 0 Å². The number of carboxylic acids is 2. The Morgan fingerprint density at radius 2 is 1.80 bits per heavy atom. The van der Waals surface area contributed by atoms with Gasteiger partial charge >= 0.3 is 11.9 Å². The Morgan fingerprint density at radius 1 is 1.10 bits per heavy atom. The van der Waals surface area contributed by atoms with Crippen molar-refractivity contribution < 1.29 is 24.5 Å². The fraction of sp³-hybridized carbons (Fsp3) is 0.182. The van der Waals surface area contributed by atoms with Crippen LogP contribution in [0.3, 0.4) is 0 Å². The number of anilines is 1. The second-order valence-corrected chi connectivity index (χ2v) is 8.39. The first-order chi connectivity index (χ1) is 14.4. The second kappa shape index (κ2) is 8.38. The number of nitrogens with one attached hydrogen (secondary N) is 1. The molecular formula is C22H18ClNO5S. The van der Waals surface area contributed by atoms with Crippen LogP contribution in [-0.4, -0.2) is 34.8 Å². The van der Waals surface area contributed by atoms with Gasteiger partial charge in [0.2, 0.25) is 0 Å². The number of thiophene rings is 1. The maximum absolute atomic E-state index is 11.6. The molecule has 1 aliphatic rings. The van der Waals surface area contributed by atoms with Crippen molar-refractivity contribution in [2.24, 2.45) is 0 Å². The third-order valence-corrected chi connectivity index (χ3v) is 6.57. The molecule has 6 nitrogen and oxygen atoms in total. The minimum Gasteiger partial charge on any atom is -0.479 e. The van der Waals surface area contributed by atoms with Gasteiger partial charge in [0.25, 0.3) is 0 Å². The molecule has 3 N–H and O–H groups in total. The number of carbonyl (C=O) groups is 2. The lowest BCUT2D eigenvalue weighted by Gasteiger charge is -2.14. The predicted octanol–water partition coefficient (Wildman–Crippen LogP) is 4.81. The van der Waals surface area contributed by atoms with Crippen LogP contribution in [0.2, 0.25) is 5.02 Å². The third kappa shape index (κ3) is 4.13. The molecule has 0 saturated carbocycles. The zero-order valence-corrected chi connectivity index (χ0v) is 17.3. The van der Waals surface area contributed by atoms with Crippen LogP contribution < -0.4 is 10.1 Å². The summed E-state index contributed by atoms with van der Waals surface area (Å²) >= 11 is 7.35. The molecular weight excluding hydrogens is 426 g/mol. The molecule has 0 unspecified atom stereocenters. The van der Waals surface area contributed by atoms with Gasteiger partial charge in [-0.15, -0.1) is 11.3 Å². The maximum Gasteiger partial charge on any atom is 0.349 e. The van der Waals surface area contributed by atoms with E-state index in [1.165, 1.54) is 11.1 Å². The van der Waals surface area contributed by atoms with Crippen molar-refractivity contribution in [3.05, 3.63) is 69.6 Å². The predicted molar refractivity (Wildman–Crippen MR) is 116 cm³/mol. The van der Waals surface area contributed by atoms with E-state index >= 15 is 0 Å². The molecule has 0 bridgehead atoms. The number of aromatic carboxylic acids is 1. The molecule has 0 radical (unpaired) electrons. The number of aliphatic carboxylic acids is 1. The van der Waals surface area contributed by atoms with E-state index in [1.54, 1.807) is 0 Å². The molecule has 30 heavy (non-hydrogen) atoms. The standard InChI is InChI=1S/C22H18ClNO5S/c23-18-19(29-11-17(25)26)21(22(27)28)30-20(18)14-6-3-7-15(10-14)24-16-8-12-4-1-2-5-13(12)9-16/h1-7,10,16,24H,8-9,11H2,(H,25,26)(H,27,28). The van der Waals surface area contributed by atoms with E-state index in [-0.39, 0.29) is 21.7 Å². The van der Waals surface area contributed by atoms with E-state index in [1.807, 2.05) is 36.4 Å². The van der Waals surface area contributed by atoms with Crippen LogP contribution in [-0.2, 0) is 17.6 Å². The topological polar surface area (TPSA) is 95.9 Å². The Labute approximate surface area is 181 Å². The van der Waals surface area contributed by atoms with E-state index in [0.29, 0.717) is 4.88 Å². The monoisotopic (exact) mass is 443 g/mol. The summed E-state index contributed by atoms with van der Waals surface area (Å²) in [6, 6.07) is 16.2. The van der Waals surface area contributed by atoms with Gasteiger partial charge in [0.1, 0.15) is 5.02 Å². The first-order valence-electron chi connectivity index (χ1n) is 9.26. The van der Waals surface area contributed by atoms with Crippen LogP contribution in [0.15, 0.2) is 48.5 Å². The molecule has 0 spiro atoms. The van der Waals surface area contributed by atoms with Gasteiger partial charge in [-0.1, -0.05) is 48.0 Å². The van der Waals surface area contributed by atoms with Gasteiger partial charge in [-0.2, -0.15) is 0 Å². The first kappa shape index (κ1) is 20.3. The van der Waals surface area contributed by atoms with Gasteiger partial charge < -0.3 is 20.3 Å². The molecule has 0 amide bonds. The summed E-state index contributed by atoms with van der Waals surface area (Å²) in [6.07, 6.45) is 1.88. The summed E-state index contributed by atoms with van der Waals surface area (Å²) < 4.78 is 5.15. The van der Waals surface area contributed by atoms with E-state index < -0.39 is 18.5 Å². The largest absolute Gasteiger partial charge is 0.479 e. The Hall–Kier alpha value is -3.03. The molecule has 2 aromatic carbocycles. The van der Waals surface area contributed by atoms with Gasteiger partial charge in [0.15, 0.2) is 17.2 Å². The van der Waals surface area contributed by atoms with Crippen LogP contribution in [0.1, 0.15) is 20.8 Å². The Kier molecular flexibility index (Phi) is 5.65. The molecule has 0 aliphatic heterocycles. The van der Waals surface area contributed by atoms with E-state index in [9.17, 15) is 14.7 Å². The highest BCUT2D eigenvalue weighted by molar-refractivity contribution is 7.18. The van der Waals surface area contributed by atoms with Crippen molar-refractivity contribution in [1.29, 1.82) is 0 Å². The van der Waals surface area contributed by atoms with Gasteiger partial charge in [-0.25, -0.2) is 9.59 Å². The smallest absolute Gasteiger partial charge is 0.349 e. The van der Waals surface area contributed by atoms with Crippen molar-refractivity contribution >= 4 is 40.6 Å². The van der Waals surface area contributed by atoms with Crippen LogP contribution >= 0.6 is 22.9 Å². The second-order valence-electron chi connectivity index (χ2n) is 6.99. The molecule has 0 atom stereocenters. The third-order valence-electron chi connectivity index (χ3n) is 4.89. The summed E-state index contributed by atoms with van der Waals surface area (Å²) in [6.45, 7) is -0.667. The maximum atomic E-state index is 11.6. The van der Waals surface area contributed by atoms with E-state index in [4.69, 9.17) is 21.4 Å². The van der Waals surface area contributed by atoms with Crippen molar-refractivity contribution in [3.8, 4) is 16.2 Å². The quantitative estimate of drug-likeness (QED) is 0.485. The molecule has 1 heterocycles. The first-order valence-corrected chi connectivity index (χ1v) is 10.5. The zero-order chi connectivity index (χ0) is 21.3. The number of benzene rings is 2. The number of hydrogen-bond acceptors (Lipinski definition) is 5. The van der Waals surface area contributed by atoms with Gasteiger partial charge in [0, 0.05) is 11.7 Å². The average Bonchev–Trinajstić information content (AvgIpc) is 3.26. The average molecular weight is 444 g/mol. The van der Waals surface area contributed by atoms with Gasteiger partial charge in [-0.05, 0) is 41.7 Å². The van der Waals surface area contributed by atoms with Crippen LogP contribution in [0.5, 0.6) is 5.75 Å². The van der Waals surface area contributed by atoms with Gasteiger partial charge in [0.05, 0.1) is 4.88 Å². The number of hydrogen-bond donors (Lipinski definition) is 3. The Morgan fingerprint density at radius 3 is 2.43 bits per heavy atom. The van der Waals surface area contributed by atoms with Gasteiger partial charge in [-0.3, -0.25) is 0 Å². The normalized spacial score (nSPS) is 13.1. The number of rotatable bonds is 7. The molecule has 0 saturated heterocycles. The van der Waals surface area contributed by atoms with Crippen molar-refractivity contribution in [1.82, 2.24) is 0 Å². The lowest BCUT2D eigenvalue weighted by molar-refractivity contribution is -0.139. The highest BCUT2D eigenvalue weighted by Gasteiger charge is 2.25. The SMILES string of the molecule is O=C(O)COc1c(C(=O)O)sc(-c2cccc(NC3Cc4ccccc4C3)c2)c1Cl. The van der Waals surface area contributed by atoms with E-state index in [0.717, 1.165) is 35.4 Å². The number of carboxylic acid groups (broad SMARTS) is 2. The molecule has 0 fully saturated rings. The zero-order valence-electron chi connectivity index (χ0n) is 15.7. The highest BCUT2D eigenvalue weighted by Crippen LogP contribution is 2.46. The lowest BCUT2D eigenvalue weighted by Crippen LogP contribution is -2.19. The fourth-order valence-corrected chi connectivity index (χ4v) is 5.03. The Bertz CT molecular complexity index is 1100. The number of fused-ring (bicyclic) bond motifs is 1. The molecule has 4 rings (SSSR count). The summed E-state index contributed by atoms with van der Waals surface area (Å²) in [7, 11) is 0. The molecule has 3 aromatic rings.